The maximum absolute atomic E-state index is 10.9. The first kappa shape index (κ1) is 11.4. The lowest BCUT2D eigenvalue weighted by Gasteiger charge is -2.09. The summed E-state index contributed by atoms with van der Waals surface area (Å²) in [4.78, 5) is 10.9. The molecule has 4 nitrogen and oxygen atoms in total. The molecule has 0 radical (unpaired) electrons. The van der Waals surface area contributed by atoms with E-state index < -0.39 is 6.04 Å². The lowest BCUT2D eigenvalue weighted by atomic mass is 10.1. The smallest absolute Gasteiger partial charge is 0.322 e. The van der Waals surface area contributed by atoms with E-state index in [0.29, 0.717) is 19.4 Å². The number of ether oxygens (including phenoxy) is 1. The van der Waals surface area contributed by atoms with Gasteiger partial charge in [-0.05, 0) is 26.2 Å². The van der Waals surface area contributed by atoms with Crippen molar-refractivity contribution < 1.29 is 14.6 Å². The average molecular weight is 175 g/mol. The fraction of sp³-hybridized carbons (Fsp3) is 0.875. The van der Waals surface area contributed by atoms with Crippen molar-refractivity contribution in [3.63, 3.8) is 0 Å². The predicted molar refractivity (Wildman–Crippen MR) is 45.5 cm³/mol. The number of carbonyl (C=O) groups excluding carboxylic acids is 1. The molecule has 0 heterocycles. The van der Waals surface area contributed by atoms with Crippen LogP contribution >= 0.6 is 0 Å². The van der Waals surface area contributed by atoms with E-state index in [-0.39, 0.29) is 12.6 Å². The van der Waals surface area contributed by atoms with E-state index in [1.807, 2.05) is 0 Å². The van der Waals surface area contributed by atoms with Gasteiger partial charge in [0, 0.05) is 6.61 Å². The number of aliphatic hydroxyl groups excluding tert-OH is 1. The van der Waals surface area contributed by atoms with Gasteiger partial charge in [0.15, 0.2) is 0 Å². The summed E-state index contributed by atoms with van der Waals surface area (Å²) < 4.78 is 4.71. The minimum Gasteiger partial charge on any atom is -0.465 e. The van der Waals surface area contributed by atoms with E-state index in [1.165, 1.54) is 0 Å². The molecule has 0 bridgehead atoms. The molecule has 1 atom stereocenters. The highest BCUT2D eigenvalue weighted by atomic mass is 16.5. The molecule has 4 heteroatoms. The second-order valence-electron chi connectivity index (χ2n) is 2.58. The minimum atomic E-state index is -0.531. The normalized spacial score (nSPS) is 12.6. The van der Waals surface area contributed by atoms with E-state index >= 15 is 0 Å². The highest BCUT2D eigenvalue weighted by molar-refractivity contribution is 5.75. The van der Waals surface area contributed by atoms with Gasteiger partial charge in [0.1, 0.15) is 6.04 Å². The van der Waals surface area contributed by atoms with Crippen LogP contribution in [0.5, 0.6) is 0 Å². The summed E-state index contributed by atoms with van der Waals surface area (Å²) in [6.45, 7) is 2.26. The second kappa shape index (κ2) is 7.06. The van der Waals surface area contributed by atoms with Crippen LogP contribution in [0, 0.1) is 0 Å². The van der Waals surface area contributed by atoms with Crippen LogP contribution in [0.15, 0.2) is 0 Å². The fourth-order valence-corrected chi connectivity index (χ4v) is 0.843. The van der Waals surface area contributed by atoms with Crippen LogP contribution in [-0.4, -0.2) is 30.3 Å². The largest absolute Gasteiger partial charge is 0.465 e. The quantitative estimate of drug-likeness (QED) is 0.441. The van der Waals surface area contributed by atoms with Crippen molar-refractivity contribution in [3.8, 4) is 0 Å². The number of hydrogen-bond donors (Lipinski definition) is 2. The van der Waals surface area contributed by atoms with Crippen molar-refractivity contribution in [2.24, 2.45) is 5.73 Å². The van der Waals surface area contributed by atoms with Crippen LogP contribution in [0.25, 0.3) is 0 Å². The van der Waals surface area contributed by atoms with E-state index in [0.717, 1.165) is 6.42 Å². The highest BCUT2D eigenvalue weighted by Gasteiger charge is 2.12. The molecular weight excluding hydrogens is 158 g/mol. The van der Waals surface area contributed by atoms with E-state index in [2.05, 4.69) is 0 Å². The standard InChI is InChI=1S/C8H17NO3/c1-2-12-8(11)7(9)5-3-4-6-10/h7,10H,2-6,9H2,1H3. The third-order valence-corrected chi connectivity index (χ3v) is 1.51. The maximum Gasteiger partial charge on any atom is 0.322 e. The topological polar surface area (TPSA) is 72.5 Å². The molecule has 0 amide bonds. The zero-order valence-electron chi connectivity index (χ0n) is 7.45. The Morgan fingerprint density at radius 3 is 2.75 bits per heavy atom. The number of hydrogen-bond acceptors (Lipinski definition) is 4. The molecule has 12 heavy (non-hydrogen) atoms. The molecular formula is C8H17NO3. The molecule has 0 aromatic carbocycles. The third-order valence-electron chi connectivity index (χ3n) is 1.51. The van der Waals surface area contributed by atoms with Crippen molar-refractivity contribution in [2.75, 3.05) is 13.2 Å². The Balaban J connectivity index is 3.42. The van der Waals surface area contributed by atoms with Crippen molar-refractivity contribution in [2.45, 2.75) is 32.2 Å². The zero-order chi connectivity index (χ0) is 9.40. The monoisotopic (exact) mass is 175 g/mol. The SMILES string of the molecule is CCOC(=O)C(N)CCCCO. The summed E-state index contributed by atoms with van der Waals surface area (Å²) in [5.41, 5.74) is 5.49. The maximum atomic E-state index is 10.9. The van der Waals surface area contributed by atoms with Gasteiger partial charge in [0.2, 0.25) is 0 Å². The van der Waals surface area contributed by atoms with Crippen LogP contribution in [0.4, 0.5) is 0 Å². The lowest BCUT2D eigenvalue weighted by Crippen LogP contribution is -2.32. The van der Waals surface area contributed by atoms with Gasteiger partial charge in [0.25, 0.3) is 0 Å². The van der Waals surface area contributed by atoms with Crippen LogP contribution in [0.1, 0.15) is 26.2 Å². The number of nitrogens with two attached hydrogens (primary N) is 1. The molecule has 1 unspecified atom stereocenters. The first-order chi connectivity index (χ1) is 5.72. The Hall–Kier alpha value is -0.610. The van der Waals surface area contributed by atoms with Crippen molar-refractivity contribution in [1.82, 2.24) is 0 Å². The summed E-state index contributed by atoms with van der Waals surface area (Å²) in [6, 6.07) is -0.531. The molecule has 0 aliphatic heterocycles. The summed E-state index contributed by atoms with van der Waals surface area (Å²) >= 11 is 0. The second-order valence-corrected chi connectivity index (χ2v) is 2.58. The Bertz CT molecular complexity index is 127. The Labute approximate surface area is 72.7 Å². The fourth-order valence-electron chi connectivity index (χ4n) is 0.843. The average Bonchev–Trinajstić information content (AvgIpc) is 2.05. The van der Waals surface area contributed by atoms with Gasteiger partial charge < -0.3 is 15.6 Å². The molecule has 0 spiro atoms. The van der Waals surface area contributed by atoms with Gasteiger partial charge in [-0.2, -0.15) is 0 Å². The molecule has 0 aromatic rings. The van der Waals surface area contributed by atoms with E-state index in [4.69, 9.17) is 15.6 Å². The Kier molecular flexibility index (Phi) is 6.70. The molecule has 0 saturated heterocycles. The lowest BCUT2D eigenvalue weighted by molar-refractivity contribution is -0.144. The van der Waals surface area contributed by atoms with Gasteiger partial charge in [-0.25, -0.2) is 0 Å². The van der Waals surface area contributed by atoms with Crippen LogP contribution in [0.3, 0.4) is 0 Å². The van der Waals surface area contributed by atoms with E-state index in [1.54, 1.807) is 6.92 Å². The van der Waals surface area contributed by atoms with Gasteiger partial charge in [-0.15, -0.1) is 0 Å². The van der Waals surface area contributed by atoms with Crippen LogP contribution in [0.2, 0.25) is 0 Å². The molecule has 3 N–H and O–H groups in total. The van der Waals surface area contributed by atoms with Crippen LogP contribution in [-0.2, 0) is 9.53 Å². The number of aliphatic hydroxyl groups is 1. The number of carbonyl (C=O) groups is 1. The minimum absolute atomic E-state index is 0.148. The molecule has 72 valence electrons. The Morgan fingerprint density at radius 1 is 1.58 bits per heavy atom. The van der Waals surface area contributed by atoms with Crippen LogP contribution < -0.4 is 5.73 Å². The van der Waals surface area contributed by atoms with Crippen molar-refractivity contribution in [3.05, 3.63) is 0 Å². The molecule has 0 saturated carbocycles. The molecule has 0 rings (SSSR count). The first-order valence-corrected chi connectivity index (χ1v) is 4.25. The number of rotatable bonds is 6. The van der Waals surface area contributed by atoms with Gasteiger partial charge >= 0.3 is 5.97 Å². The number of unbranched alkanes of at least 4 members (excludes halogenated alkanes) is 1. The van der Waals surface area contributed by atoms with Gasteiger partial charge in [-0.1, -0.05) is 0 Å². The molecule has 0 aromatic heterocycles. The predicted octanol–water partition coefficient (Wildman–Crippen LogP) is 0.0394. The summed E-state index contributed by atoms with van der Waals surface area (Å²) in [5.74, 6) is -0.351. The van der Waals surface area contributed by atoms with Crippen molar-refractivity contribution in [1.29, 1.82) is 0 Å². The third kappa shape index (κ3) is 5.09. The summed E-state index contributed by atoms with van der Waals surface area (Å²) in [6.07, 6.45) is 2.03. The summed E-state index contributed by atoms with van der Waals surface area (Å²) in [5, 5.41) is 8.46. The zero-order valence-corrected chi connectivity index (χ0v) is 7.45. The molecule has 0 aliphatic rings. The van der Waals surface area contributed by atoms with Gasteiger partial charge in [-0.3, -0.25) is 4.79 Å². The van der Waals surface area contributed by atoms with Gasteiger partial charge in [0.05, 0.1) is 6.61 Å². The Morgan fingerprint density at radius 2 is 2.25 bits per heavy atom. The summed E-state index contributed by atoms with van der Waals surface area (Å²) in [7, 11) is 0. The highest BCUT2D eigenvalue weighted by Crippen LogP contribution is 1.99. The first-order valence-electron chi connectivity index (χ1n) is 4.25. The molecule has 0 fully saturated rings. The van der Waals surface area contributed by atoms with E-state index in [9.17, 15) is 4.79 Å². The number of esters is 1. The van der Waals surface area contributed by atoms with Crippen molar-refractivity contribution >= 4 is 5.97 Å². The molecule has 0 aliphatic carbocycles.